The number of aromatic amines is 1. The third kappa shape index (κ3) is 5.44. The molecule has 4 aromatic rings. The van der Waals surface area contributed by atoms with Crippen molar-refractivity contribution in [3.63, 3.8) is 0 Å². The van der Waals surface area contributed by atoms with Gasteiger partial charge in [-0.15, -0.1) is 0 Å². The van der Waals surface area contributed by atoms with Gasteiger partial charge in [-0.2, -0.15) is 0 Å². The van der Waals surface area contributed by atoms with Gasteiger partial charge in [0.1, 0.15) is 11.9 Å². The number of hydrogen-bond donors (Lipinski definition) is 1. The summed E-state index contributed by atoms with van der Waals surface area (Å²) in [5.74, 6) is -1.65. The van der Waals surface area contributed by atoms with Gasteiger partial charge in [-0.05, 0) is 66.6 Å². The van der Waals surface area contributed by atoms with Gasteiger partial charge in [-0.3, -0.25) is 14.4 Å². The van der Waals surface area contributed by atoms with Crippen molar-refractivity contribution in [2.75, 3.05) is 18.6 Å². The number of hydrogen-bond acceptors (Lipinski definition) is 9. The van der Waals surface area contributed by atoms with E-state index >= 15 is 0 Å². The average molecular weight is 637 g/mol. The number of esters is 1. The monoisotopic (exact) mass is 636 g/mol. The first-order valence-electron chi connectivity index (χ1n) is 13.4. The van der Waals surface area contributed by atoms with Gasteiger partial charge in [-0.1, -0.05) is 52.9 Å². The predicted octanol–water partition coefficient (Wildman–Crippen LogP) is 5.65. The van der Waals surface area contributed by atoms with Crippen molar-refractivity contribution in [3.05, 3.63) is 103 Å². The van der Waals surface area contributed by atoms with Crippen molar-refractivity contribution in [2.45, 2.75) is 29.7 Å². The molecule has 1 aromatic heterocycles. The van der Waals surface area contributed by atoms with Crippen molar-refractivity contribution < 1.29 is 28.6 Å². The van der Waals surface area contributed by atoms with Crippen LogP contribution in [0.5, 0.6) is 11.5 Å². The lowest BCUT2D eigenvalue weighted by Gasteiger charge is -2.30. The highest BCUT2D eigenvalue weighted by Crippen LogP contribution is 2.53. The predicted molar refractivity (Wildman–Crippen MR) is 164 cm³/mol. The number of thioether (sulfide) groups is 1. The highest BCUT2D eigenvalue weighted by atomic mass is 35.5. The number of imide groups is 1. The van der Waals surface area contributed by atoms with Crippen LogP contribution in [0, 0.1) is 5.92 Å². The van der Waals surface area contributed by atoms with Gasteiger partial charge in [0.2, 0.25) is 11.8 Å². The summed E-state index contributed by atoms with van der Waals surface area (Å²) in [5, 5.41) is 0.448. The van der Waals surface area contributed by atoms with Crippen molar-refractivity contribution in [1.29, 1.82) is 0 Å². The Morgan fingerprint density at radius 2 is 1.72 bits per heavy atom. The summed E-state index contributed by atoms with van der Waals surface area (Å²) >= 11 is 8.21. The van der Waals surface area contributed by atoms with Crippen molar-refractivity contribution >= 4 is 58.2 Å². The molecule has 0 saturated carbocycles. The summed E-state index contributed by atoms with van der Waals surface area (Å²) < 4.78 is 16.7. The number of halogens is 1. The van der Waals surface area contributed by atoms with Gasteiger partial charge in [0.05, 0.1) is 35.9 Å². The van der Waals surface area contributed by atoms with Crippen LogP contribution in [0.4, 0.5) is 5.69 Å². The molecule has 1 saturated heterocycles. The molecule has 12 heteroatoms. The molecule has 3 heterocycles. The molecule has 0 radical (unpaired) electrons. The van der Waals surface area contributed by atoms with Gasteiger partial charge in [0.15, 0.2) is 11.5 Å². The molecule has 9 nitrogen and oxygen atoms in total. The molecule has 1 N–H and O–H groups in total. The molecule has 1 fully saturated rings. The van der Waals surface area contributed by atoms with Crippen LogP contribution in [0.2, 0.25) is 5.02 Å². The molecule has 2 amide bonds. The Balaban J connectivity index is 1.33. The maximum atomic E-state index is 14.0. The van der Waals surface area contributed by atoms with Crippen LogP contribution in [-0.4, -0.2) is 41.7 Å². The standard InChI is InChI=1S/C31H25ClN2O7S2/c1-3-40-30(37)17-6-11-20(12-7-17)34-28(35)24-23(25-27(33-31(38)43-25)42-26(24)29(34)36)18-8-13-21(22(14-18)39-2)41-15-16-4-9-19(32)10-5-16/h4-14,23-24,26H,3,15H2,1-2H3,(H,33,38)/t23-,24-,26+/m0/s1. The van der Waals surface area contributed by atoms with E-state index in [9.17, 15) is 19.2 Å². The Kier molecular flexibility index (Phi) is 8.04. The molecule has 2 aliphatic heterocycles. The summed E-state index contributed by atoms with van der Waals surface area (Å²) in [6.07, 6.45) is 0. The molecule has 3 aromatic carbocycles. The zero-order valence-electron chi connectivity index (χ0n) is 23.0. The number of carbonyl (C=O) groups excluding carboxylic acids is 3. The van der Waals surface area contributed by atoms with Crippen LogP contribution in [0.1, 0.15) is 39.2 Å². The molecule has 6 rings (SSSR count). The molecule has 0 aliphatic carbocycles. The fraction of sp³-hybridized carbons (Fsp3) is 0.226. The second-order valence-corrected chi connectivity index (χ2v) is 12.5. The Labute approximate surface area is 259 Å². The number of thiazole rings is 1. The Morgan fingerprint density at radius 3 is 2.42 bits per heavy atom. The van der Waals surface area contributed by atoms with E-state index in [0.29, 0.717) is 43.2 Å². The fourth-order valence-corrected chi connectivity index (χ4v) is 7.97. The van der Waals surface area contributed by atoms with Gasteiger partial charge < -0.3 is 19.2 Å². The molecule has 0 bridgehead atoms. The van der Waals surface area contributed by atoms with E-state index in [1.807, 2.05) is 18.2 Å². The van der Waals surface area contributed by atoms with E-state index in [-0.39, 0.29) is 29.9 Å². The fourth-order valence-electron chi connectivity index (χ4n) is 5.33. The maximum absolute atomic E-state index is 14.0. The minimum Gasteiger partial charge on any atom is -0.493 e. The SMILES string of the molecule is CCOC(=O)c1ccc(N2C(=O)[C@H]3[C@H](c4ccc(OCc5ccc(Cl)cc5)c(OC)c4)c4sc(=O)[nH]c4S[C@H]3C2=O)cc1. The van der Waals surface area contributed by atoms with Crippen LogP contribution in [-0.2, 0) is 20.9 Å². The summed E-state index contributed by atoms with van der Waals surface area (Å²) in [6.45, 7) is 2.24. The number of rotatable bonds is 8. The number of ether oxygens (including phenoxy) is 3. The third-order valence-electron chi connectivity index (χ3n) is 7.31. The van der Waals surface area contributed by atoms with Crippen molar-refractivity contribution in [3.8, 4) is 11.5 Å². The van der Waals surface area contributed by atoms with Crippen LogP contribution in [0.15, 0.2) is 76.6 Å². The summed E-state index contributed by atoms with van der Waals surface area (Å²) in [7, 11) is 1.53. The zero-order valence-corrected chi connectivity index (χ0v) is 25.4. The number of aromatic nitrogens is 1. The van der Waals surface area contributed by atoms with E-state index in [2.05, 4.69) is 4.98 Å². The number of anilines is 1. The Bertz CT molecular complexity index is 1770. The first-order valence-corrected chi connectivity index (χ1v) is 15.5. The zero-order chi connectivity index (χ0) is 30.2. The molecule has 0 spiro atoms. The van der Waals surface area contributed by atoms with E-state index in [1.54, 1.807) is 43.3 Å². The lowest BCUT2D eigenvalue weighted by molar-refractivity contribution is -0.122. The highest BCUT2D eigenvalue weighted by Gasteiger charge is 2.56. The molecule has 2 aliphatic rings. The molecular weight excluding hydrogens is 612 g/mol. The number of carbonyl (C=O) groups is 3. The summed E-state index contributed by atoms with van der Waals surface area (Å²) in [6, 6.07) is 18.9. The highest BCUT2D eigenvalue weighted by molar-refractivity contribution is 8.00. The van der Waals surface area contributed by atoms with Gasteiger partial charge >= 0.3 is 10.8 Å². The first kappa shape index (κ1) is 29.0. The second kappa shape index (κ2) is 11.9. The van der Waals surface area contributed by atoms with Crippen LogP contribution in [0.3, 0.4) is 0 Å². The minimum absolute atomic E-state index is 0.234. The molecule has 0 unspecified atom stereocenters. The third-order valence-corrected chi connectivity index (χ3v) is 9.97. The molecule has 220 valence electrons. The van der Waals surface area contributed by atoms with E-state index < -0.39 is 23.1 Å². The molecule has 43 heavy (non-hydrogen) atoms. The average Bonchev–Trinajstić information content (AvgIpc) is 3.50. The molecule has 3 atom stereocenters. The quantitative estimate of drug-likeness (QED) is 0.195. The van der Waals surface area contributed by atoms with E-state index in [4.69, 9.17) is 25.8 Å². The van der Waals surface area contributed by atoms with Gasteiger partial charge in [0.25, 0.3) is 0 Å². The van der Waals surface area contributed by atoms with E-state index in [0.717, 1.165) is 16.9 Å². The lowest BCUT2D eigenvalue weighted by atomic mass is 9.83. The number of benzene rings is 3. The largest absolute Gasteiger partial charge is 0.493 e. The Morgan fingerprint density at radius 1 is 0.977 bits per heavy atom. The number of amides is 2. The number of H-pyrrole nitrogens is 1. The molecular formula is C31H25ClN2O7S2. The van der Waals surface area contributed by atoms with Gasteiger partial charge in [-0.25, -0.2) is 9.69 Å². The van der Waals surface area contributed by atoms with Gasteiger partial charge in [0, 0.05) is 15.8 Å². The number of nitrogens with zero attached hydrogens (tertiary/aromatic N) is 1. The minimum atomic E-state index is -0.772. The normalized spacial score (nSPS) is 19.1. The summed E-state index contributed by atoms with van der Waals surface area (Å²) in [5.41, 5.74) is 2.31. The smallest absolute Gasteiger partial charge is 0.338 e. The summed E-state index contributed by atoms with van der Waals surface area (Å²) in [4.78, 5) is 56.7. The lowest BCUT2D eigenvalue weighted by Crippen LogP contribution is -2.32. The number of nitrogens with one attached hydrogen (secondary N) is 1. The van der Waals surface area contributed by atoms with Crippen LogP contribution >= 0.6 is 34.7 Å². The first-order chi connectivity index (χ1) is 20.8. The topological polar surface area (TPSA) is 115 Å². The number of fused-ring (bicyclic) bond motifs is 2. The van der Waals surface area contributed by atoms with Crippen LogP contribution < -0.4 is 19.2 Å². The Hall–Kier alpha value is -4.06. The maximum Gasteiger partial charge on any atom is 0.338 e. The van der Waals surface area contributed by atoms with Crippen molar-refractivity contribution in [2.24, 2.45) is 5.92 Å². The number of methoxy groups -OCH3 is 1. The van der Waals surface area contributed by atoms with Crippen molar-refractivity contribution in [1.82, 2.24) is 4.98 Å². The van der Waals surface area contributed by atoms with E-state index in [1.165, 1.54) is 35.9 Å². The van der Waals surface area contributed by atoms with Crippen LogP contribution in [0.25, 0.3) is 0 Å². The second-order valence-electron chi connectivity index (χ2n) is 9.85.